The molecule has 0 atom stereocenters. The summed E-state index contributed by atoms with van der Waals surface area (Å²) in [7, 11) is 0. The summed E-state index contributed by atoms with van der Waals surface area (Å²) in [5, 5.41) is 2.82. The minimum Gasteiger partial charge on any atom is -0.260 e. The largest absolute Gasteiger partial charge is 0.260 e. The molecular formula is C19H27N. The highest BCUT2D eigenvalue weighted by atomic mass is 14.7. The Morgan fingerprint density at radius 3 is 1.80 bits per heavy atom. The van der Waals surface area contributed by atoms with Crippen molar-refractivity contribution >= 4 is 10.8 Å². The van der Waals surface area contributed by atoms with Crippen LogP contribution < -0.4 is 0 Å². The van der Waals surface area contributed by atoms with Gasteiger partial charge in [0, 0.05) is 17.3 Å². The average molecular weight is 269 g/mol. The van der Waals surface area contributed by atoms with Gasteiger partial charge in [0.15, 0.2) is 0 Å². The van der Waals surface area contributed by atoms with E-state index in [0.29, 0.717) is 0 Å². The van der Waals surface area contributed by atoms with E-state index in [4.69, 9.17) is 4.98 Å². The Morgan fingerprint density at radius 2 is 1.35 bits per heavy atom. The van der Waals surface area contributed by atoms with Crippen LogP contribution in [0.25, 0.3) is 10.8 Å². The van der Waals surface area contributed by atoms with Crippen LogP contribution >= 0.6 is 0 Å². The molecule has 0 aliphatic rings. The van der Waals surface area contributed by atoms with E-state index in [-0.39, 0.29) is 5.41 Å². The van der Waals surface area contributed by atoms with Gasteiger partial charge in [0.25, 0.3) is 0 Å². The van der Waals surface area contributed by atoms with Gasteiger partial charge in [-0.15, -0.1) is 0 Å². The van der Waals surface area contributed by atoms with Gasteiger partial charge in [0.1, 0.15) is 0 Å². The quantitative estimate of drug-likeness (QED) is 0.682. The summed E-state index contributed by atoms with van der Waals surface area (Å²) in [5.41, 5.74) is 8.39. The fourth-order valence-corrected chi connectivity index (χ4v) is 3.12. The lowest BCUT2D eigenvalue weighted by Gasteiger charge is -2.25. The van der Waals surface area contributed by atoms with Crippen LogP contribution in [0.2, 0.25) is 0 Å². The Balaban J connectivity index is 3.10. The van der Waals surface area contributed by atoms with E-state index in [1.165, 1.54) is 44.3 Å². The SMILES string of the molecule is CCc1ncc(C(C)(C)C)c2c(C)c(C)c(C)c(C)c12. The molecular weight excluding hydrogens is 242 g/mol. The lowest BCUT2D eigenvalue weighted by molar-refractivity contribution is 0.592. The molecule has 1 nitrogen and oxygen atoms in total. The first-order valence-corrected chi connectivity index (χ1v) is 7.58. The van der Waals surface area contributed by atoms with Crippen LogP contribution in [0.3, 0.4) is 0 Å². The summed E-state index contributed by atoms with van der Waals surface area (Å²) in [6, 6.07) is 0. The van der Waals surface area contributed by atoms with Gasteiger partial charge in [-0.25, -0.2) is 0 Å². The number of pyridine rings is 1. The molecule has 1 aromatic carbocycles. The van der Waals surface area contributed by atoms with Crippen molar-refractivity contribution in [3.8, 4) is 0 Å². The first-order valence-electron chi connectivity index (χ1n) is 7.58. The number of aryl methyl sites for hydroxylation is 3. The van der Waals surface area contributed by atoms with Gasteiger partial charge in [-0.1, -0.05) is 27.7 Å². The summed E-state index contributed by atoms with van der Waals surface area (Å²) in [6.45, 7) is 18.0. The van der Waals surface area contributed by atoms with E-state index in [1.54, 1.807) is 0 Å². The Bertz CT molecular complexity index is 673. The van der Waals surface area contributed by atoms with Crippen LogP contribution in [-0.4, -0.2) is 4.98 Å². The van der Waals surface area contributed by atoms with Crippen LogP contribution in [0.5, 0.6) is 0 Å². The highest BCUT2D eigenvalue weighted by Crippen LogP contribution is 2.37. The van der Waals surface area contributed by atoms with Crippen LogP contribution in [0.1, 0.15) is 61.2 Å². The van der Waals surface area contributed by atoms with E-state index in [1.807, 2.05) is 0 Å². The monoisotopic (exact) mass is 269 g/mol. The van der Waals surface area contributed by atoms with Gasteiger partial charge in [-0.3, -0.25) is 4.98 Å². The summed E-state index contributed by atoms with van der Waals surface area (Å²) in [6.07, 6.45) is 3.09. The lowest BCUT2D eigenvalue weighted by Crippen LogP contribution is -2.14. The molecule has 1 aromatic heterocycles. The number of hydrogen-bond acceptors (Lipinski definition) is 1. The topological polar surface area (TPSA) is 12.9 Å². The first-order chi connectivity index (χ1) is 9.20. The number of rotatable bonds is 1. The molecule has 0 spiro atoms. The normalized spacial score (nSPS) is 12.2. The van der Waals surface area contributed by atoms with E-state index in [0.717, 1.165) is 6.42 Å². The van der Waals surface area contributed by atoms with Crippen molar-refractivity contribution in [3.63, 3.8) is 0 Å². The second-order valence-electron chi connectivity index (χ2n) is 6.97. The number of hydrogen-bond donors (Lipinski definition) is 0. The fraction of sp³-hybridized carbons (Fsp3) is 0.526. The Labute approximate surface area is 123 Å². The molecule has 0 aliphatic heterocycles. The second kappa shape index (κ2) is 4.87. The summed E-state index contributed by atoms with van der Waals surface area (Å²) >= 11 is 0. The van der Waals surface area contributed by atoms with E-state index < -0.39 is 0 Å². The van der Waals surface area contributed by atoms with Gasteiger partial charge in [-0.2, -0.15) is 0 Å². The van der Waals surface area contributed by atoms with Crippen molar-refractivity contribution in [2.24, 2.45) is 0 Å². The minimum atomic E-state index is 0.121. The molecule has 1 heterocycles. The summed E-state index contributed by atoms with van der Waals surface area (Å²) < 4.78 is 0. The van der Waals surface area contributed by atoms with Gasteiger partial charge >= 0.3 is 0 Å². The Kier molecular flexibility index (Phi) is 3.66. The third-order valence-electron chi connectivity index (χ3n) is 4.74. The zero-order valence-electron chi connectivity index (χ0n) is 14.2. The standard InChI is InChI=1S/C19H27N/c1-9-16-18-14(5)12(3)11(2)13(4)17(18)15(10-20-16)19(6,7)8/h10H,9H2,1-8H3. The molecule has 0 saturated carbocycles. The molecule has 20 heavy (non-hydrogen) atoms. The number of nitrogens with zero attached hydrogens (tertiary/aromatic N) is 1. The average Bonchev–Trinajstić information content (AvgIpc) is 2.39. The van der Waals surface area contributed by atoms with Crippen LogP contribution in [0.4, 0.5) is 0 Å². The number of fused-ring (bicyclic) bond motifs is 1. The molecule has 0 fully saturated rings. The van der Waals surface area contributed by atoms with Gasteiger partial charge in [0.2, 0.25) is 0 Å². The van der Waals surface area contributed by atoms with Crippen molar-refractivity contribution in [2.45, 2.75) is 67.2 Å². The molecule has 0 saturated heterocycles. The number of aromatic nitrogens is 1. The van der Waals surface area contributed by atoms with E-state index >= 15 is 0 Å². The summed E-state index contributed by atoms with van der Waals surface area (Å²) in [4.78, 5) is 4.76. The molecule has 0 aliphatic carbocycles. The molecule has 0 amide bonds. The van der Waals surface area contributed by atoms with Gasteiger partial charge in [-0.05, 0) is 72.7 Å². The smallest absolute Gasteiger partial charge is 0.0482 e. The molecule has 0 N–H and O–H groups in total. The molecule has 1 heteroatoms. The van der Waals surface area contributed by atoms with Crippen molar-refractivity contribution < 1.29 is 0 Å². The molecule has 2 rings (SSSR count). The zero-order chi connectivity index (χ0) is 15.2. The van der Waals surface area contributed by atoms with E-state index in [2.05, 4.69) is 61.6 Å². The van der Waals surface area contributed by atoms with E-state index in [9.17, 15) is 0 Å². The van der Waals surface area contributed by atoms with Crippen molar-refractivity contribution in [3.05, 3.63) is 39.7 Å². The molecule has 108 valence electrons. The zero-order valence-corrected chi connectivity index (χ0v) is 14.2. The summed E-state index contributed by atoms with van der Waals surface area (Å²) in [5.74, 6) is 0. The van der Waals surface area contributed by atoms with Crippen LogP contribution in [0.15, 0.2) is 6.20 Å². The van der Waals surface area contributed by atoms with Crippen LogP contribution in [0, 0.1) is 27.7 Å². The highest BCUT2D eigenvalue weighted by Gasteiger charge is 2.22. The van der Waals surface area contributed by atoms with Crippen LogP contribution in [-0.2, 0) is 11.8 Å². The fourth-order valence-electron chi connectivity index (χ4n) is 3.12. The maximum Gasteiger partial charge on any atom is 0.0482 e. The second-order valence-corrected chi connectivity index (χ2v) is 6.97. The van der Waals surface area contributed by atoms with Crippen molar-refractivity contribution in [1.82, 2.24) is 4.98 Å². The van der Waals surface area contributed by atoms with Crippen molar-refractivity contribution in [2.75, 3.05) is 0 Å². The number of benzene rings is 1. The third-order valence-corrected chi connectivity index (χ3v) is 4.74. The Hall–Kier alpha value is -1.37. The maximum atomic E-state index is 4.76. The molecule has 0 bridgehead atoms. The third kappa shape index (κ3) is 2.13. The molecule has 0 radical (unpaired) electrons. The maximum absolute atomic E-state index is 4.76. The minimum absolute atomic E-state index is 0.121. The molecule has 0 unspecified atom stereocenters. The van der Waals surface area contributed by atoms with Gasteiger partial charge in [0.05, 0.1) is 0 Å². The van der Waals surface area contributed by atoms with Gasteiger partial charge < -0.3 is 0 Å². The van der Waals surface area contributed by atoms with Crippen molar-refractivity contribution in [1.29, 1.82) is 0 Å². The lowest BCUT2D eigenvalue weighted by atomic mass is 9.80. The predicted octanol–water partition coefficient (Wildman–Crippen LogP) is 5.33. The highest BCUT2D eigenvalue weighted by molar-refractivity contribution is 5.95. The Morgan fingerprint density at radius 1 is 0.850 bits per heavy atom. The molecule has 2 aromatic rings. The predicted molar refractivity (Wildman–Crippen MR) is 88.8 cm³/mol. The first kappa shape index (κ1) is 15.0.